The highest BCUT2D eigenvalue weighted by atomic mass is 35.5. The molecule has 3 heterocycles. The van der Waals surface area contributed by atoms with Crippen molar-refractivity contribution in [3.8, 4) is 11.6 Å². The SMILES string of the molecule is CC(Nc1nc2ccc(CC3COC3)cc2n1C)c1ccc(Oc2ccc(Cl)cn2)cc1. The molecule has 0 aliphatic carbocycles. The molecule has 1 aliphatic rings. The van der Waals surface area contributed by atoms with Gasteiger partial charge in [-0.2, -0.15) is 0 Å². The lowest BCUT2D eigenvalue weighted by atomic mass is 9.98. The van der Waals surface area contributed by atoms with Crippen LogP contribution in [0.25, 0.3) is 11.0 Å². The lowest BCUT2D eigenvalue weighted by molar-refractivity contribution is -0.0312. The maximum Gasteiger partial charge on any atom is 0.219 e. The molecule has 1 aliphatic heterocycles. The van der Waals surface area contributed by atoms with E-state index in [9.17, 15) is 0 Å². The second-order valence-corrected chi connectivity index (χ2v) is 8.71. The van der Waals surface area contributed by atoms with E-state index in [1.54, 1.807) is 18.3 Å². The number of nitrogens with zero attached hydrogens (tertiary/aromatic N) is 3. The highest BCUT2D eigenvalue weighted by Crippen LogP contribution is 2.27. The van der Waals surface area contributed by atoms with Gasteiger partial charge >= 0.3 is 0 Å². The predicted octanol–water partition coefficient (Wildman–Crippen LogP) is 5.78. The summed E-state index contributed by atoms with van der Waals surface area (Å²) < 4.78 is 13.2. The standard InChI is InChI=1S/C25H25ClN4O2/c1-16(19-4-7-21(8-5-19)32-24-10-6-20(26)13-27-24)28-25-29-22-9-3-17(11-18-14-31-15-18)12-23(22)30(25)2/h3-10,12-13,16,18H,11,14-15H2,1-2H3,(H,28,29). The summed E-state index contributed by atoms with van der Waals surface area (Å²) in [6, 6.07) is 18.1. The van der Waals surface area contributed by atoms with Gasteiger partial charge in [0.1, 0.15) is 5.75 Å². The van der Waals surface area contributed by atoms with Gasteiger partial charge < -0.3 is 19.4 Å². The summed E-state index contributed by atoms with van der Waals surface area (Å²) in [4.78, 5) is 8.96. The van der Waals surface area contributed by atoms with Crippen LogP contribution in [0.5, 0.6) is 11.6 Å². The number of rotatable bonds is 7. The van der Waals surface area contributed by atoms with E-state index in [4.69, 9.17) is 26.1 Å². The number of aryl methyl sites for hydroxylation is 1. The molecule has 1 unspecified atom stereocenters. The predicted molar refractivity (Wildman–Crippen MR) is 127 cm³/mol. The third-order valence-electron chi connectivity index (χ3n) is 5.83. The first-order valence-corrected chi connectivity index (χ1v) is 11.1. The molecule has 1 atom stereocenters. The van der Waals surface area contributed by atoms with E-state index in [-0.39, 0.29) is 6.04 Å². The minimum Gasteiger partial charge on any atom is -0.439 e. The van der Waals surface area contributed by atoms with Gasteiger partial charge in [0.2, 0.25) is 11.8 Å². The quantitative estimate of drug-likeness (QED) is 0.388. The van der Waals surface area contributed by atoms with Crippen LogP contribution in [-0.2, 0) is 18.2 Å². The Kier molecular flexibility index (Phi) is 5.72. The molecule has 0 amide bonds. The zero-order valence-electron chi connectivity index (χ0n) is 18.1. The normalized spacial score (nSPS) is 14.8. The van der Waals surface area contributed by atoms with Crippen molar-refractivity contribution in [2.24, 2.45) is 13.0 Å². The number of fused-ring (bicyclic) bond motifs is 1. The first kappa shape index (κ1) is 20.8. The average Bonchev–Trinajstić information content (AvgIpc) is 3.08. The molecular formula is C25H25ClN4O2. The lowest BCUT2D eigenvalue weighted by Crippen LogP contribution is -2.29. The number of pyridine rings is 1. The van der Waals surface area contributed by atoms with Gasteiger partial charge in [0.15, 0.2) is 0 Å². The van der Waals surface area contributed by atoms with Crippen LogP contribution in [0.15, 0.2) is 60.8 Å². The van der Waals surface area contributed by atoms with Crippen LogP contribution in [0.1, 0.15) is 24.1 Å². The Morgan fingerprint density at radius 2 is 1.97 bits per heavy atom. The molecule has 164 valence electrons. The first-order valence-electron chi connectivity index (χ1n) is 10.7. The number of imidazole rings is 1. The molecule has 0 radical (unpaired) electrons. The van der Waals surface area contributed by atoms with E-state index in [0.29, 0.717) is 16.8 Å². The van der Waals surface area contributed by atoms with Gasteiger partial charge in [0, 0.05) is 25.2 Å². The van der Waals surface area contributed by atoms with Crippen LogP contribution in [-0.4, -0.2) is 27.7 Å². The number of anilines is 1. The van der Waals surface area contributed by atoms with Crippen molar-refractivity contribution in [2.75, 3.05) is 18.5 Å². The minimum absolute atomic E-state index is 0.0832. The van der Waals surface area contributed by atoms with Gasteiger partial charge in [-0.3, -0.25) is 0 Å². The number of benzene rings is 2. The summed E-state index contributed by atoms with van der Waals surface area (Å²) in [5.41, 5.74) is 4.60. The van der Waals surface area contributed by atoms with Crippen LogP contribution >= 0.6 is 11.6 Å². The fourth-order valence-corrected chi connectivity index (χ4v) is 3.98. The van der Waals surface area contributed by atoms with Gasteiger partial charge in [-0.05, 0) is 54.8 Å². The molecule has 7 heteroatoms. The number of halogens is 1. The number of hydrogen-bond acceptors (Lipinski definition) is 5. The Morgan fingerprint density at radius 1 is 1.16 bits per heavy atom. The average molecular weight is 449 g/mol. The third-order valence-corrected chi connectivity index (χ3v) is 6.05. The van der Waals surface area contributed by atoms with Crippen LogP contribution in [0.3, 0.4) is 0 Å². The molecular weight excluding hydrogens is 424 g/mol. The summed E-state index contributed by atoms with van der Waals surface area (Å²) in [5, 5.41) is 4.12. The van der Waals surface area contributed by atoms with Crippen molar-refractivity contribution in [2.45, 2.75) is 19.4 Å². The van der Waals surface area contributed by atoms with Gasteiger partial charge in [-0.25, -0.2) is 9.97 Å². The number of hydrogen-bond donors (Lipinski definition) is 1. The van der Waals surface area contributed by atoms with Crippen molar-refractivity contribution in [1.29, 1.82) is 0 Å². The highest BCUT2D eigenvalue weighted by Gasteiger charge is 2.19. The molecule has 2 aromatic carbocycles. The van der Waals surface area contributed by atoms with E-state index in [1.807, 2.05) is 24.3 Å². The van der Waals surface area contributed by atoms with Crippen molar-refractivity contribution in [3.05, 3.63) is 76.9 Å². The maximum absolute atomic E-state index is 5.87. The topological polar surface area (TPSA) is 61.2 Å². The fraction of sp³-hybridized carbons (Fsp3) is 0.280. The van der Waals surface area contributed by atoms with Crippen molar-refractivity contribution in [1.82, 2.24) is 14.5 Å². The second-order valence-electron chi connectivity index (χ2n) is 8.28. The van der Waals surface area contributed by atoms with E-state index >= 15 is 0 Å². The van der Waals surface area contributed by atoms with E-state index in [1.165, 1.54) is 5.56 Å². The smallest absolute Gasteiger partial charge is 0.219 e. The Hall–Kier alpha value is -3.09. The van der Waals surface area contributed by atoms with E-state index < -0.39 is 0 Å². The summed E-state index contributed by atoms with van der Waals surface area (Å²) in [6.07, 6.45) is 2.62. The van der Waals surface area contributed by atoms with Crippen LogP contribution in [0, 0.1) is 5.92 Å². The first-order chi connectivity index (χ1) is 15.5. The monoisotopic (exact) mass is 448 g/mol. The molecule has 4 aromatic rings. The van der Waals surface area contributed by atoms with Gasteiger partial charge in [-0.1, -0.05) is 29.8 Å². The Labute approximate surface area is 192 Å². The van der Waals surface area contributed by atoms with Gasteiger partial charge in [0.25, 0.3) is 0 Å². The van der Waals surface area contributed by atoms with E-state index in [2.05, 4.69) is 47.0 Å². The third kappa shape index (κ3) is 4.42. The molecule has 1 fully saturated rings. The molecule has 1 saturated heterocycles. The summed E-state index contributed by atoms with van der Waals surface area (Å²) in [5.74, 6) is 2.73. The minimum atomic E-state index is 0.0832. The fourth-order valence-electron chi connectivity index (χ4n) is 3.87. The molecule has 6 nitrogen and oxygen atoms in total. The Morgan fingerprint density at radius 3 is 2.66 bits per heavy atom. The largest absolute Gasteiger partial charge is 0.439 e. The second kappa shape index (κ2) is 8.81. The Balaban J connectivity index is 1.27. The number of ether oxygens (including phenoxy) is 2. The molecule has 0 spiro atoms. The zero-order chi connectivity index (χ0) is 22.1. The lowest BCUT2D eigenvalue weighted by Gasteiger charge is -2.25. The number of aromatic nitrogens is 3. The van der Waals surface area contributed by atoms with Gasteiger partial charge in [-0.15, -0.1) is 0 Å². The van der Waals surface area contributed by atoms with Crippen LogP contribution in [0.2, 0.25) is 5.02 Å². The molecule has 0 saturated carbocycles. The highest BCUT2D eigenvalue weighted by molar-refractivity contribution is 6.30. The van der Waals surface area contributed by atoms with Crippen molar-refractivity contribution >= 4 is 28.6 Å². The summed E-state index contributed by atoms with van der Waals surface area (Å²) in [6.45, 7) is 3.86. The summed E-state index contributed by atoms with van der Waals surface area (Å²) >= 11 is 5.87. The van der Waals surface area contributed by atoms with Gasteiger partial charge in [0.05, 0.1) is 35.3 Å². The number of nitrogens with one attached hydrogen (secondary N) is 1. The zero-order valence-corrected chi connectivity index (χ0v) is 18.8. The molecule has 1 N–H and O–H groups in total. The maximum atomic E-state index is 5.87. The molecule has 5 rings (SSSR count). The molecule has 32 heavy (non-hydrogen) atoms. The van der Waals surface area contributed by atoms with Crippen LogP contribution < -0.4 is 10.1 Å². The van der Waals surface area contributed by atoms with E-state index in [0.717, 1.165) is 47.9 Å². The Bertz CT molecular complexity index is 1220. The van der Waals surface area contributed by atoms with Crippen LogP contribution in [0.4, 0.5) is 5.95 Å². The molecule has 0 bridgehead atoms. The van der Waals surface area contributed by atoms with Crippen molar-refractivity contribution in [3.63, 3.8) is 0 Å². The molecule has 2 aromatic heterocycles. The van der Waals surface area contributed by atoms with Crippen molar-refractivity contribution < 1.29 is 9.47 Å². The summed E-state index contributed by atoms with van der Waals surface area (Å²) in [7, 11) is 2.05.